The van der Waals surface area contributed by atoms with Crippen molar-refractivity contribution in [2.24, 2.45) is 5.92 Å². The Morgan fingerprint density at radius 1 is 1.35 bits per heavy atom. The van der Waals surface area contributed by atoms with E-state index in [2.05, 4.69) is 16.9 Å². The van der Waals surface area contributed by atoms with Crippen LogP contribution in [-0.4, -0.2) is 34.2 Å². The minimum Gasteiger partial charge on any atom is -0.492 e. The molecule has 0 aliphatic carbocycles. The van der Waals surface area contributed by atoms with E-state index in [4.69, 9.17) is 15.2 Å². The summed E-state index contributed by atoms with van der Waals surface area (Å²) in [6.07, 6.45) is 5.22. The first-order chi connectivity index (χ1) is 16.4. The number of amides is 1. The van der Waals surface area contributed by atoms with Crippen LogP contribution in [0.3, 0.4) is 0 Å². The Kier molecular flexibility index (Phi) is 10.5. The first-order valence-corrected chi connectivity index (χ1v) is 11.9. The van der Waals surface area contributed by atoms with Crippen LogP contribution in [0.1, 0.15) is 64.8 Å². The van der Waals surface area contributed by atoms with Crippen LogP contribution < -0.4 is 15.4 Å². The molecule has 2 N–H and O–H groups in total. The summed E-state index contributed by atoms with van der Waals surface area (Å²) in [5.41, 5.74) is 6.64. The van der Waals surface area contributed by atoms with Crippen LogP contribution in [-0.2, 0) is 17.7 Å². The van der Waals surface area contributed by atoms with E-state index in [0.717, 1.165) is 25.7 Å². The van der Waals surface area contributed by atoms with E-state index in [0.29, 0.717) is 36.1 Å². The Morgan fingerprint density at radius 3 is 2.82 bits per heavy atom. The van der Waals surface area contributed by atoms with Crippen molar-refractivity contribution in [3.8, 4) is 5.75 Å². The van der Waals surface area contributed by atoms with Gasteiger partial charge in [-0.15, -0.1) is 0 Å². The Labute approximate surface area is 200 Å². The van der Waals surface area contributed by atoms with Crippen LogP contribution in [0.25, 0.3) is 0 Å². The standard InChI is InChI=1S/C22H29N5O5.C2H6/c1-3-31-22(28)26-14-17-19(9-6-11-24-17)32-12-10-15(2)7-4-5-8-16-13-18(26)20(27(29)30)21(23)25-16;1-2/h6,9,11,13,15H,3-5,7-8,10,12,14H2,1-2H3,(H2,23,25);1-2H3/t15-;/m0./s1. The molecule has 2 aromatic rings. The number of fused-ring (bicyclic) bond motifs is 3. The van der Waals surface area contributed by atoms with E-state index < -0.39 is 16.7 Å². The van der Waals surface area contributed by atoms with Crippen molar-refractivity contribution in [2.75, 3.05) is 23.8 Å². The maximum absolute atomic E-state index is 12.9. The number of nitrogen functional groups attached to an aromatic ring is 1. The largest absolute Gasteiger partial charge is 0.492 e. The lowest BCUT2D eigenvalue weighted by Crippen LogP contribution is -2.32. The zero-order valence-electron chi connectivity index (χ0n) is 20.5. The number of aromatic nitrogens is 2. The average molecular weight is 474 g/mol. The van der Waals surface area contributed by atoms with Gasteiger partial charge in [-0.2, -0.15) is 0 Å². The molecule has 0 unspecified atom stereocenters. The van der Waals surface area contributed by atoms with Crippen molar-refractivity contribution in [3.05, 3.63) is 45.9 Å². The predicted molar refractivity (Wildman–Crippen MR) is 131 cm³/mol. The number of anilines is 2. The highest BCUT2D eigenvalue weighted by atomic mass is 16.6. The van der Waals surface area contributed by atoms with Gasteiger partial charge in [0.2, 0.25) is 5.82 Å². The molecule has 3 rings (SSSR count). The summed E-state index contributed by atoms with van der Waals surface area (Å²) < 4.78 is 11.2. The van der Waals surface area contributed by atoms with E-state index in [1.54, 1.807) is 31.3 Å². The summed E-state index contributed by atoms with van der Waals surface area (Å²) in [5, 5.41) is 11.8. The molecule has 2 aromatic heterocycles. The number of carbonyl (C=O) groups is 1. The number of hydrogen-bond donors (Lipinski definition) is 1. The van der Waals surface area contributed by atoms with Gasteiger partial charge in [-0.3, -0.25) is 20.0 Å². The lowest BCUT2D eigenvalue weighted by molar-refractivity contribution is -0.383. The van der Waals surface area contributed by atoms with Crippen molar-refractivity contribution in [1.29, 1.82) is 0 Å². The fourth-order valence-electron chi connectivity index (χ4n) is 3.70. The second-order valence-electron chi connectivity index (χ2n) is 7.85. The molecule has 10 nitrogen and oxygen atoms in total. The number of pyridine rings is 2. The quantitative estimate of drug-likeness (QED) is 0.459. The molecule has 0 radical (unpaired) electrons. The highest BCUT2D eigenvalue weighted by molar-refractivity contribution is 5.92. The van der Waals surface area contributed by atoms with Crippen LogP contribution in [0.2, 0.25) is 0 Å². The Balaban J connectivity index is 0.00000199. The van der Waals surface area contributed by atoms with Crippen LogP contribution in [0.5, 0.6) is 5.75 Å². The monoisotopic (exact) mass is 473 g/mol. The highest BCUT2D eigenvalue weighted by Crippen LogP contribution is 2.36. The van der Waals surface area contributed by atoms with Gasteiger partial charge >= 0.3 is 11.8 Å². The molecular formula is C24H35N5O5. The molecule has 10 heteroatoms. The van der Waals surface area contributed by atoms with Gasteiger partial charge in [-0.1, -0.05) is 33.6 Å². The molecule has 1 aliphatic rings. The zero-order valence-corrected chi connectivity index (χ0v) is 20.5. The number of ether oxygens (including phenoxy) is 2. The second kappa shape index (κ2) is 13.3. The van der Waals surface area contributed by atoms with Gasteiger partial charge in [0, 0.05) is 11.9 Å². The normalized spacial score (nSPS) is 16.5. The van der Waals surface area contributed by atoms with Gasteiger partial charge < -0.3 is 15.2 Å². The third kappa shape index (κ3) is 7.03. The van der Waals surface area contributed by atoms with E-state index in [-0.39, 0.29) is 24.7 Å². The lowest BCUT2D eigenvalue weighted by atomic mass is 9.99. The van der Waals surface area contributed by atoms with Gasteiger partial charge in [-0.25, -0.2) is 9.78 Å². The van der Waals surface area contributed by atoms with E-state index in [1.807, 2.05) is 13.8 Å². The van der Waals surface area contributed by atoms with Crippen molar-refractivity contribution < 1.29 is 19.2 Å². The van der Waals surface area contributed by atoms with Crippen molar-refractivity contribution >= 4 is 23.3 Å². The fourth-order valence-corrected chi connectivity index (χ4v) is 3.70. The third-order valence-electron chi connectivity index (χ3n) is 5.42. The minimum absolute atomic E-state index is 0.0378. The fraction of sp³-hybridized carbons (Fsp3) is 0.542. The zero-order chi connectivity index (χ0) is 25.1. The molecule has 0 aromatic carbocycles. The van der Waals surface area contributed by atoms with Gasteiger partial charge in [0.05, 0.1) is 24.7 Å². The molecule has 1 aliphatic heterocycles. The second-order valence-corrected chi connectivity index (χ2v) is 7.85. The van der Waals surface area contributed by atoms with Crippen molar-refractivity contribution in [3.63, 3.8) is 0 Å². The van der Waals surface area contributed by atoms with Crippen molar-refractivity contribution in [2.45, 2.75) is 66.3 Å². The summed E-state index contributed by atoms with van der Waals surface area (Å²) in [7, 11) is 0. The summed E-state index contributed by atoms with van der Waals surface area (Å²) in [6.45, 7) is 8.41. The number of nitrogens with zero attached hydrogens (tertiary/aromatic N) is 4. The van der Waals surface area contributed by atoms with Crippen LogP contribution in [0.15, 0.2) is 24.4 Å². The van der Waals surface area contributed by atoms with Crippen LogP contribution >= 0.6 is 0 Å². The summed E-state index contributed by atoms with van der Waals surface area (Å²) >= 11 is 0. The molecule has 0 spiro atoms. The van der Waals surface area contributed by atoms with Gasteiger partial charge in [0.25, 0.3) is 0 Å². The van der Waals surface area contributed by atoms with E-state index in [9.17, 15) is 14.9 Å². The number of carbonyl (C=O) groups excluding carboxylic acids is 1. The number of hydrogen-bond acceptors (Lipinski definition) is 8. The summed E-state index contributed by atoms with van der Waals surface area (Å²) in [5.74, 6) is 0.780. The Morgan fingerprint density at radius 2 is 2.12 bits per heavy atom. The molecule has 2 bridgehead atoms. The maximum Gasteiger partial charge on any atom is 0.414 e. The van der Waals surface area contributed by atoms with E-state index >= 15 is 0 Å². The Bertz CT molecular complexity index is 969. The molecule has 34 heavy (non-hydrogen) atoms. The first kappa shape index (κ1) is 26.8. The Hall–Kier alpha value is -3.43. The van der Waals surface area contributed by atoms with Crippen LogP contribution in [0.4, 0.5) is 22.0 Å². The maximum atomic E-state index is 12.9. The molecule has 0 saturated carbocycles. The number of nitro groups is 1. The van der Waals surface area contributed by atoms with Crippen LogP contribution in [0, 0.1) is 16.0 Å². The third-order valence-corrected chi connectivity index (χ3v) is 5.42. The summed E-state index contributed by atoms with van der Waals surface area (Å²) in [6, 6.07) is 5.07. The number of rotatable bonds is 2. The van der Waals surface area contributed by atoms with Crippen molar-refractivity contribution in [1.82, 2.24) is 9.97 Å². The lowest BCUT2D eigenvalue weighted by Gasteiger charge is -2.23. The highest BCUT2D eigenvalue weighted by Gasteiger charge is 2.31. The average Bonchev–Trinajstić information content (AvgIpc) is 2.81. The molecule has 3 heterocycles. The predicted octanol–water partition coefficient (Wildman–Crippen LogP) is 5.29. The smallest absolute Gasteiger partial charge is 0.414 e. The van der Waals surface area contributed by atoms with Gasteiger partial charge in [0.1, 0.15) is 17.1 Å². The number of aryl methyl sites for hydroxylation is 1. The van der Waals surface area contributed by atoms with Gasteiger partial charge in [-0.05, 0) is 50.3 Å². The molecule has 0 saturated heterocycles. The first-order valence-electron chi connectivity index (χ1n) is 11.9. The molecule has 0 fully saturated rings. The molecule has 186 valence electrons. The number of nitrogens with two attached hydrogens (primary N) is 1. The molecule has 1 amide bonds. The topological polar surface area (TPSA) is 134 Å². The van der Waals surface area contributed by atoms with E-state index in [1.165, 1.54) is 4.90 Å². The SMILES string of the molecule is CC.CCOC(=O)N1Cc2ncccc2OCC[C@@H](C)CCCCc2cc1c([N+](=O)[O-])c(N)n2. The summed E-state index contributed by atoms with van der Waals surface area (Å²) in [4.78, 5) is 33.9. The molecule has 1 atom stereocenters. The molecular weight excluding hydrogens is 438 g/mol. The van der Waals surface area contributed by atoms with Gasteiger partial charge in [0.15, 0.2) is 0 Å². The minimum atomic E-state index is -0.735.